The predicted octanol–water partition coefficient (Wildman–Crippen LogP) is 1.92. The molecule has 0 aliphatic heterocycles. The first-order valence-electron chi connectivity index (χ1n) is 6.12. The van der Waals surface area contributed by atoms with Gasteiger partial charge in [0.25, 0.3) is 0 Å². The molecule has 0 bridgehead atoms. The van der Waals surface area contributed by atoms with E-state index in [-0.39, 0.29) is 17.4 Å². The van der Waals surface area contributed by atoms with E-state index in [0.29, 0.717) is 12.8 Å². The number of aryl methyl sites for hydroxylation is 1. The minimum atomic E-state index is -3.52. The molecule has 1 aromatic carbocycles. The van der Waals surface area contributed by atoms with Gasteiger partial charge >= 0.3 is 5.97 Å². The Kier molecular flexibility index (Phi) is 5.50. The first-order chi connectivity index (χ1) is 8.81. The lowest BCUT2D eigenvalue weighted by atomic mass is 10.1. The van der Waals surface area contributed by atoms with Crippen LogP contribution in [-0.2, 0) is 14.8 Å². The number of nitrogens with one attached hydrogen (secondary N) is 1. The molecule has 19 heavy (non-hydrogen) atoms. The zero-order valence-electron chi connectivity index (χ0n) is 11.1. The summed E-state index contributed by atoms with van der Waals surface area (Å²) >= 11 is 0. The molecule has 1 unspecified atom stereocenters. The summed E-state index contributed by atoms with van der Waals surface area (Å²) in [5, 5.41) is 8.52. The minimum absolute atomic E-state index is 0.0522. The summed E-state index contributed by atoms with van der Waals surface area (Å²) in [4.78, 5) is 10.6. The van der Waals surface area contributed by atoms with Gasteiger partial charge in [0.05, 0.1) is 4.90 Å². The second-order valence-corrected chi connectivity index (χ2v) is 6.34. The number of carboxylic acid groups (broad SMARTS) is 1. The second kappa shape index (κ2) is 6.68. The van der Waals surface area contributed by atoms with Crippen LogP contribution in [0.5, 0.6) is 0 Å². The lowest BCUT2D eigenvalue weighted by Gasteiger charge is -2.13. The molecule has 0 saturated heterocycles. The van der Waals surface area contributed by atoms with E-state index in [1.165, 1.54) is 0 Å². The van der Waals surface area contributed by atoms with Gasteiger partial charge in [-0.15, -0.1) is 0 Å². The second-order valence-electron chi connectivity index (χ2n) is 4.62. The Labute approximate surface area is 113 Å². The smallest absolute Gasteiger partial charge is 0.303 e. The summed E-state index contributed by atoms with van der Waals surface area (Å²) in [6.45, 7) is 3.62. The third-order valence-electron chi connectivity index (χ3n) is 2.72. The topological polar surface area (TPSA) is 83.5 Å². The Morgan fingerprint density at radius 3 is 2.42 bits per heavy atom. The number of hydrogen-bond acceptors (Lipinski definition) is 3. The highest BCUT2D eigenvalue weighted by Crippen LogP contribution is 2.11. The fourth-order valence-corrected chi connectivity index (χ4v) is 2.95. The van der Waals surface area contributed by atoms with Gasteiger partial charge in [-0.05, 0) is 38.8 Å². The molecule has 1 aromatic rings. The van der Waals surface area contributed by atoms with Crippen molar-refractivity contribution in [3.8, 4) is 0 Å². The molecule has 5 nitrogen and oxygen atoms in total. The van der Waals surface area contributed by atoms with E-state index in [1.54, 1.807) is 31.2 Å². The zero-order valence-corrected chi connectivity index (χ0v) is 11.9. The van der Waals surface area contributed by atoms with E-state index >= 15 is 0 Å². The molecule has 0 radical (unpaired) electrons. The number of benzene rings is 1. The highest BCUT2D eigenvalue weighted by Gasteiger charge is 2.16. The average molecular weight is 285 g/mol. The summed E-state index contributed by atoms with van der Waals surface area (Å²) < 4.78 is 26.6. The maximum Gasteiger partial charge on any atom is 0.303 e. The highest BCUT2D eigenvalue weighted by atomic mass is 32.2. The normalized spacial score (nSPS) is 13.2. The molecule has 1 atom stereocenters. The van der Waals surface area contributed by atoms with Crippen molar-refractivity contribution in [1.82, 2.24) is 4.72 Å². The third-order valence-corrected chi connectivity index (χ3v) is 4.32. The maximum absolute atomic E-state index is 12.0. The molecule has 106 valence electrons. The Morgan fingerprint density at radius 2 is 1.89 bits per heavy atom. The summed E-state index contributed by atoms with van der Waals surface area (Å²) in [6, 6.07) is 6.31. The highest BCUT2D eigenvalue weighted by molar-refractivity contribution is 7.89. The molecule has 0 aliphatic carbocycles. The van der Waals surface area contributed by atoms with E-state index in [9.17, 15) is 13.2 Å². The Bertz CT molecular complexity index is 522. The largest absolute Gasteiger partial charge is 0.481 e. The molecule has 2 N–H and O–H groups in total. The molecule has 0 spiro atoms. The van der Waals surface area contributed by atoms with Gasteiger partial charge in [0.2, 0.25) is 10.0 Å². The van der Waals surface area contributed by atoms with Gasteiger partial charge in [-0.3, -0.25) is 4.79 Å². The van der Waals surface area contributed by atoms with Crippen LogP contribution < -0.4 is 4.72 Å². The minimum Gasteiger partial charge on any atom is -0.481 e. The van der Waals surface area contributed by atoms with Gasteiger partial charge < -0.3 is 5.11 Å². The van der Waals surface area contributed by atoms with E-state index in [1.807, 2.05) is 6.92 Å². The monoisotopic (exact) mass is 285 g/mol. The number of aliphatic carboxylic acids is 1. The quantitative estimate of drug-likeness (QED) is 0.801. The summed E-state index contributed by atoms with van der Waals surface area (Å²) in [5.41, 5.74) is 0.994. The standard InChI is InChI=1S/C13H19NO4S/c1-10-6-8-12(9-7-10)19(17,18)14-11(2)4-3-5-13(15)16/h6-9,11,14H,3-5H2,1-2H3,(H,15,16). The van der Waals surface area contributed by atoms with Crippen LogP contribution in [-0.4, -0.2) is 25.5 Å². The SMILES string of the molecule is Cc1ccc(S(=O)(=O)NC(C)CCCC(=O)O)cc1. The van der Waals surface area contributed by atoms with Crippen molar-refractivity contribution < 1.29 is 18.3 Å². The molecule has 0 aliphatic rings. The van der Waals surface area contributed by atoms with E-state index in [4.69, 9.17) is 5.11 Å². The fraction of sp³-hybridized carbons (Fsp3) is 0.462. The fourth-order valence-electron chi connectivity index (χ4n) is 1.67. The maximum atomic E-state index is 12.0. The molecular weight excluding hydrogens is 266 g/mol. The number of rotatable bonds is 7. The number of carbonyl (C=O) groups is 1. The Hall–Kier alpha value is -1.40. The van der Waals surface area contributed by atoms with Crippen LogP contribution in [0.3, 0.4) is 0 Å². The summed E-state index contributed by atoms with van der Waals surface area (Å²) in [7, 11) is -3.52. The molecule has 0 amide bonds. The van der Waals surface area contributed by atoms with Gasteiger partial charge in [-0.2, -0.15) is 0 Å². The van der Waals surface area contributed by atoms with Crippen molar-refractivity contribution >= 4 is 16.0 Å². The molecule has 0 saturated carbocycles. The predicted molar refractivity (Wildman–Crippen MR) is 72.4 cm³/mol. The van der Waals surface area contributed by atoms with Crippen molar-refractivity contribution in [3.63, 3.8) is 0 Å². The van der Waals surface area contributed by atoms with Crippen LogP contribution in [0.1, 0.15) is 31.7 Å². The van der Waals surface area contributed by atoms with Gasteiger partial charge in [0.15, 0.2) is 0 Å². The Morgan fingerprint density at radius 1 is 1.32 bits per heavy atom. The van der Waals surface area contributed by atoms with Crippen LogP contribution in [0.25, 0.3) is 0 Å². The first kappa shape index (κ1) is 15.7. The van der Waals surface area contributed by atoms with E-state index in [2.05, 4.69) is 4.72 Å². The van der Waals surface area contributed by atoms with Crippen molar-refractivity contribution in [2.24, 2.45) is 0 Å². The van der Waals surface area contributed by atoms with Crippen molar-refractivity contribution in [2.75, 3.05) is 0 Å². The lowest BCUT2D eigenvalue weighted by Crippen LogP contribution is -2.32. The van der Waals surface area contributed by atoms with Gasteiger partial charge in [0, 0.05) is 12.5 Å². The molecule has 0 heterocycles. The van der Waals surface area contributed by atoms with Crippen molar-refractivity contribution in [3.05, 3.63) is 29.8 Å². The summed E-state index contributed by atoms with van der Waals surface area (Å²) in [5.74, 6) is -0.867. The zero-order chi connectivity index (χ0) is 14.5. The third kappa shape index (κ3) is 5.40. The lowest BCUT2D eigenvalue weighted by molar-refractivity contribution is -0.137. The number of sulfonamides is 1. The average Bonchev–Trinajstić information content (AvgIpc) is 2.28. The molecule has 6 heteroatoms. The van der Waals surface area contributed by atoms with Crippen LogP contribution >= 0.6 is 0 Å². The van der Waals surface area contributed by atoms with Gasteiger partial charge in [-0.1, -0.05) is 17.7 Å². The van der Waals surface area contributed by atoms with Crippen molar-refractivity contribution in [1.29, 1.82) is 0 Å². The molecule has 1 rings (SSSR count). The molecule has 0 aromatic heterocycles. The van der Waals surface area contributed by atoms with Crippen molar-refractivity contribution in [2.45, 2.75) is 44.0 Å². The molecule has 0 fully saturated rings. The first-order valence-corrected chi connectivity index (χ1v) is 7.60. The van der Waals surface area contributed by atoms with Crippen LogP contribution in [0.4, 0.5) is 0 Å². The van der Waals surface area contributed by atoms with E-state index < -0.39 is 16.0 Å². The van der Waals surface area contributed by atoms with Gasteiger partial charge in [0.1, 0.15) is 0 Å². The Balaban J connectivity index is 2.59. The summed E-state index contributed by atoms with van der Waals surface area (Å²) in [6.07, 6.45) is 1.00. The molecular formula is C13H19NO4S. The number of hydrogen-bond donors (Lipinski definition) is 2. The van der Waals surface area contributed by atoms with Gasteiger partial charge in [-0.25, -0.2) is 13.1 Å². The van der Waals surface area contributed by atoms with E-state index in [0.717, 1.165) is 5.56 Å². The van der Waals surface area contributed by atoms with Crippen LogP contribution in [0.2, 0.25) is 0 Å². The number of carboxylic acids is 1. The van der Waals surface area contributed by atoms with Crippen LogP contribution in [0, 0.1) is 6.92 Å². The van der Waals surface area contributed by atoms with Crippen LogP contribution in [0.15, 0.2) is 29.2 Å².